The SMILES string of the molecule is O=C(NC(Cc1csc2ccccc12)C(=O)O)OCC1c2ccccc2-c2ccccc21. The Kier molecular flexibility index (Phi) is 5.37. The van der Waals surface area contributed by atoms with Gasteiger partial charge in [-0.3, -0.25) is 0 Å². The van der Waals surface area contributed by atoms with Crippen LogP contribution in [0, 0.1) is 0 Å². The van der Waals surface area contributed by atoms with Crippen molar-refractivity contribution < 1.29 is 19.4 Å². The Morgan fingerprint density at radius 3 is 2.25 bits per heavy atom. The molecule has 0 saturated heterocycles. The van der Waals surface area contributed by atoms with Gasteiger partial charge in [-0.2, -0.15) is 0 Å². The van der Waals surface area contributed by atoms with Gasteiger partial charge in [0.1, 0.15) is 12.6 Å². The number of aliphatic carboxylic acids is 1. The van der Waals surface area contributed by atoms with Gasteiger partial charge in [-0.25, -0.2) is 9.59 Å². The summed E-state index contributed by atoms with van der Waals surface area (Å²) in [6, 6.07) is 22.9. The van der Waals surface area contributed by atoms with Gasteiger partial charge in [-0.15, -0.1) is 11.3 Å². The number of carboxylic acid groups (broad SMARTS) is 1. The van der Waals surface area contributed by atoms with E-state index < -0.39 is 18.1 Å². The third kappa shape index (κ3) is 3.74. The highest BCUT2D eigenvalue weighted by Crippen LogP contribution is 2.44. The predicted molar refractivity (Wildman–Crippen MR) is 125 cm³/mol. The highest BCUT2D eigenvalue weighted by Gasteiger charge is 2.30. The zero-order valence-corrected chi connectivity index (χ0v) is 18.0. The smallest absolute Gasteiger partial charge is 0.407 e. The standard InChI is InChI=1S/C26H21NO4S/c28-25(29)23(13-16-15-32-24-12-6-5-7-17(16)24)27-26(30)31-14-22-20-10-3-1-8-18(20)19-9-2-4-11-21(19)22/h1-12,15,22-23H,13-14H2,(H,27,30)(H,28,29). The summed E-state index contributed by atoms with van der Waals surface area (Å²) in [6.07, 6.45) is -0.525. The Balaban J connectivity index is 1.28. The van der Waals surface area contributed by atoms with Crippen LogP contribution in [0.1, 0.15) is 22.6 Å². The van der Waals surface area contributed by atoms with E-state index >= 15 is 0 Å². The number of amides is 1. The molecular formula is C26H21NO4S. The molecule has 1 atom stereocenters. The lowest BCUT2D eigenvalue weighted by Gasteiger charge is -2.17. The number of benzene rings is 3. The predicted octanol–water partition coefficient (Wildman–Crippen LogP) is 5.44. The molecule has 0 radical (unpaired) electrons. The zero-order valence-electron chi connectivity index (χ0n) is 17.2. The van der Waals surface area contributed by atoms with E-state index in [1.807, 2.05) is 66.0 Å². The largest absolute Gasteiger partial charge is 0.480 e. The van der Waals surface area contributed by atoms with E-state index in [9.17, 15) is 14.7 Å². The molecule has 5 nitrogen and oxygen atoms in total. The number of carbonyl (C=O) groups is 2. The maximum absolute atomic E-state index is 12.5. The van der Waals surface area contributed by atoms with Crippen molar-refractivity contribution in [1.29, 1.82) is 0 Å². The van der Waals surface area contributed by atoms with Crippen LogP contribution in [0.5, 0.6) is 0 Å². The number of carbonyl (C=O) groups excluding carboxylic acids is 1. The molecule has 32 heavy (non-hydrogen) atoms. The first kappa shape index (κ1) is 20.3. The first-order valence-corrected chi connectivity index (χ1v) is 11.3. The molecule has 0 aliphatic heterocycles. The van der Waals surface area contributed by atoms with Crippen molar-refractivity contribution in [2.24, 2.45) is 0 Å². The van der Waals surface area contributed by atoms with E-state index in [2.05, 4.69) is 17.4 Å². The lowest BCUT2D eigenvalue weighted by molar-refractivity contribution is -0.139. The molecule has 1 amide bonds. The number of alkyl carbamates (subject to hydrolysis) is 1. The number of thiophene rings is 1. The molecule has 0 spiro atoms. The van der Waals surface area contributed by atoms with Crippen molar-refractivity contribution in [2.45, 2.75) is 18.4 Å². The van der Waals surface area contributed by atoms with Crippen LogP contribution in [-0.4, -0.2) is 29.8 Å². The van der Waals surface area contributed by atoms with Gasteiger partial charge < -0.3 is 15.2 Å². The van der Waals surface area contributed by atoms with E-state index in [1.54, 1.807) is 11.3 Å². The number of ether oxygens (including phenoxy) is 1. The molecule has 3 aromatic carbocycles. The summed E-state index contributed by atoms with van der Waals surface area (Å²) >= 11 is 1.56. The molecule has 6 heteroatoms. The second kappa shape index (κ2) is 8.48. The van der Waals surface area contributed by atoms with Crippen LogP contribution in [0.25, 0.3) is 21.2 Å². The van der Waals surface area contributed by atoms with Crippen molar-refractivity contribution in [3.8, 4) is 11.1 Å². The molecule has 1 unspecified atom stereocenters. The van der Waals surface area contributed by atoms with Crippen LogP contribution >= 0.6 is 11.3 Å². The summed E-state index contributed by atoms with van der Waals surface area (Å²) in [7, 11) is 0. The Morgan fingerprint density at radius 2 is 1.56 bits per heavy atom. The average Bonchev–Trinajstić information content (AvgIpc) is 3.36. The lowest BCUT2D eigenvalue weighted by Crippen LogP contribution is -2.42. The minimum Gasteiger partial charge on any atom is -0.480 e. The molecule has 160 valence electrons. The molecule has 4 aromatic rings. The van der Waals surface area contributed by atoms with E-state index in [0.29, 0.717) is 0 Å². The summed E-state index contributed by atoms with van der Waals surface area (Å²) in [5, 5.41) is 15.2. The van der Waals surface area contributed by atoms with Gasteiger partial charge in [0, 0.05) is 17.0 Å². The highest BCUT2D eigenvalue weighted by atomic mass is 32.1. The number of fused-ring (bicyclic) bond motifs is 4. The summed E-state index contributed by atoms with van der Waals surface area (Å²) in [5.41, 5.74) is 5.41. The Labute approximate surface area is 189 Å². The first-order valence-electron chi connectivity index (χ1n) is 10.4. The molecular weight excluding hydrogens is 422 g/mol. The molecule has 1 heterocycles. The molecule has 2 N–H and O–H groups in total. The first-order chi connectivity index (χ1) is 15.6. The maximum Gasteiger partial charge on any atom is 0.407 e. The molecule has 0 bridgehead atoms. The molecule has 0 fully saturated rings. The van der Waals surface area contributed by atoms with Crippen LogP contribution in [0.4, 0.5) is 4.79 Å². The van der Waals surface area contributed by atoms with Crippen molar-refractivity contribution in [1.82, 2.24) is 5.32 Å². The van der Waals surface area contributed by atoms with E-state index in [1.165, 1.54) is 0 Å². The fourth-order valence-electron chi connectivity index (χ4n) is 4.39. The second-order valence-electron chi connectivity index (χ2n) is 7.82. The zero-order chi connectivity index (χ0) is 22.1. The van der Waals surface area contributed by atoms with Crippen molar-refractivity contribution in [3.63, 3.8) is 0 Å². The maximum atomic E-state index is 12.5. The quantitative estimate of drug-likeness (QED) is 0.416. The van der Waals surface area contributed by atoms with Gasteiger partial charge in [0.15, 0.2) is 0 Å². The summed E-state index contributed by atoms with van der Waals surface area (Å²) in [6.45, 7) is 0.146. The third-order valence-corrected chi connectivity index (χ3v) is 6.93. The number of nitrogens with one attached hydrogen (secondary N) is 1. The van der Waals surface area contributed by atoms with Crippen molar-refractivity contribution in [3.05, 3.63) is 94.9 Å². The normalized spacial score (nSPS) is 13.4. The highest BCUT2D eigenvalue weighted by molar-refractivity contribution is 7.17. The molecule has 1 aliphatic rings. The number of hydrogen-bond donors (Lipinski definition) is 2. The monoisotopic (exact) mass is 443 g/mol. The molecule has 5 rings (SSSR count). The van der Waals surface area contributed by atoms with Gasteiger partial charge >= 0.3 is 12.1 Å². The third-order valence-electron chi connectivity index (χ3n) is 5.92. The van der Waals surface area contributed by atoms with Gasteiger partial charge in [0.05, 0.1) is 0 Å². The minimum absolute atomic E-state index is 0.0720. The lowest BCUT2D eigenvalue weighted by atomic mass is 9.98. The Bertz CT molecular complexity index is 1270. The summed E-state index contributed by atoms with van der Waals surface area (Å²) < 4.78 is 6.61. The topological polar surface area (TPSA) is 75.6 Å². The summed E-state index contributed by atoms with van der Waals surface area (Å²) in [5.74, 6) is -1.16. The Hall–Kier alpha value is -3.64. The van der Waals surface area contributed by atoms with Crippen molar-refractivity contribution >= 4 is 33.5 Å². The number of hydrogen-bond acceptors (Lipinski definition) is 4. The summed E-state index contributed by atoms with van der Waals surface area (Å²) in [4.78, 5) is 24.4. The number of rotatable bonds is 6. The molecule has 1 aromatic heterocycles. The van der Waals surface area contributed by atoms with Crippen LogP contribution in [-0.2, 0) is 16.0 Å². The average molecular weight is 444 g/mol. The minimum atomic E-state index is -1.09. The van der Waals surface area contributed by atoms with Crippen LogP contribution in [0.2, 0.25) is 0 Å². The fraction of sp³-hybridized carbons (Fsp3) is 0.154. The van der Waals surface area contributed by atoms with E-state index in [4.69, 9.17) is 4.74 Å². The van der Waals surface area contributed by atoms with Gasteiger partial charge in [-0.1, -0.05) is 66.7 Å². The van der Waals surface area contributed by atoms with Crippen LogP contribution in [0.3, 0.4) is 0 Å². The van der Waals surface area contributed by atoms with Gasteiger partial charge in [0.2, 0.25) is 0 Å². The van der Waals surface area contributed by atoms with Crippen LogP contribution < -0.4 is 5.32 Å². The molecule has 0 saturated carbocycles. The second-order valence-corrected chi connectivity index (χ2v) is 8.73. The molecule has 1 aliphatic carbocycles. The van der Waals surface area contributed by atoms with Crippen LogP contribution in [0.15, 0.2) is 78.2 Å². The van der Waals surface area contributed by atoms with Crippen molar-refractivity contribution in [2.75, 3.05) is 6.61 Å². The number of carboxylic acids is 1. The van der Waals surface area contributed by atoms with Gasteiger partial charge in [0.25, 0.3) is 0 Å². The van der Waals surface area contributed by atoms with E-state index in [-0.39, 0.29) is 18.9 Å². The Morgan fingerprint density at radius 1 is 0.938 bits per heavy atom. The fourth-order valence-corrected chi connectivity index (χ4v) is 5.37. The van der Waals surface area contributed by atoms with E-state index in [0.717, 1.165) is 37.9 Å². The van der Waals surface area contributed by atoms with Gasteiger partial charge in [-0.05, 0) is 44.6 Å².